The molecule has 0 radical (unpaired) electrons. The average molecular weight is 314 g/mol. The molecule has 0 aliphatic heterocycles. The molecule has 0 bridgehead atoms. The van der Waals surface area contributed by atoms with E-state index in [1.165, 1.54) is 0 Å². The number of carbonyl (C=O) groups is 1. The molecule has 0 fully saturated rings. The molecule has 3 heterocycles. The van der Waals surface area contributed by atoms with Crippen LogP contribution in [0.2, 0.25) is 0 Å². The van der Waals surface area contributed by atoms with Crippen LogP contribution in [0, 0.1) is 0 Å². The predicted molar refractivity (Wildman–Crippen MR) is 87.9 cm³/mol. The van der Waals surface area contributed by atoms with Crippen LogP contribution in [0.3, 0.4) is 0 Å². The van der Waals surface area contributed by atoms with Gasteiger partial charge in [0.05, 0.1) is 6.42 Å². The second-order valence-corrected chi connectivity index (χ2v) is 5.81. The number of nitrogens with zero attached hydrogens (tertiary/aromatic N) is 3. The Bertz CT molecular complexity index is 764. The standard InChI is InChI=1S/C16H18N4OS/c1-2-20-14(19-13-4-3-7-18-16(13)20)5-8-17-15(21)10-12-6-9-22-11-12/h3-4,6-7,9,11H,2,5,8,10H2,1H3,(H,17,21). The van der Waals surface area contributed by atoms with Crippen molar-refractivity contribution in [3.05, 3.63) is 46.5 Å². The van der Waals surface area contributed by atoms with E-state index in [0.29, 0.717) is 19.4 Å². The molecule has 3 rings (SSSR count). The molecule has 0 aliphatic rings. The van der Waals surface area contributed by atoms with Gasteiger partial charge in [0.25, 0.3) is 0 Å². The molecule has 5 nitrogen and oxygen atoms in total. The number of pyridine rings is 1. The zero-order valence-electron chi connectivity index (χ0n) is 12.5. The maximum atomic E-state index is 11.9. The lowest BCUT2D eigenvalue weighted by molar-refractivity contribution is -0.120. The summed E-state index contributed by atoms with van der Waals surface area (Å²) in [5.74, 6) is 1.02. The van der Waals surface area contributed by atoms with Crippen LogP contribution in [0.4, 0.5) is 0 Å². The highest BCUT2D eigenvalue weighted by molar-refractivity contribution is 7.07. The van der Waals surface area contributed by atoms with Crippen molar-refractivity contribution in [3.8, 4) is 0 Å². The molecule has 0 saturated carbocycles. The highest BCUT2D eigenvalue weighted by Gasteiger charge is 2.10. The highest BCUT2D eigenvalue weighted by Crippen LogP contribution is 2.13. The molecule has 0 aromatic carbocycles. The summed E-state index contributed by atoms with van der Waals surface area (Å²) in [6.07, 6.45) is 2.93. The Balaban J connectivity index is 1.60. The largest absolute Gasteiger partial charge is 0.355 e. The van der Waals surface area contributed by atoms with Crippen molar-refractivity contribution < 1.29 is 4.79 Å². The van der Waals surface area contributed by atoms with Gasteiger partial charge >= 0.3 is 0 Å². The Kier molecular flexibility index (Phi) is 4.48. The van der Waals surface area contributed by atoms with E-state index >= 15 is 0 Å². The lowest BCUT2D eigenvalue weighted by Gasteiger charge is -2.06. The van der Waals surface area contributed by atoms with Gasteiger partial charge in [-0.15, -0.1) is 0 Å². The van der Waals surface area contributed by atoms with Gasteiger partial charge in [-0.25, -0.2) is 9.97 Å². The predicted octanol–water partition coefficient (Wildman–Crippen LogP) is 2.41. The van der Waals surface area contributed by atoms with E-state index in [2.05, 4.69) is 26.8 Å². The van der Waals surface area contributed by atoms with Crippen LogP contribution >= 0.6 is 11.3 Å². The minimum atomic E-state index is 0.0516. The molecule has 3 aromatic rings. The summed E-state index contributed by atoms with van der Waals surface area (Å²) in [5, 5.41) is 6.94. The van der Waals surface area contributed by atoms with Crippen LogP contribution in [-0.4, -0.2) is 27.0 Å². The molecule has 0 aliphatic carbocycles. The van der Waals surface area contributed by atoms with Gasteiger partial charge in [0.2, 0.25) is 5.91 Å². The summed E-state index contributed by atoms with van der Waals surface area (Å²) in [4.78, 5) is 20.9. The Hall–Kier alpha value is -2.21. The summed E-state index contributed by atoms with van der Waals surface area (Å²) in [6, 6.07) is 5.83. The quantitative estimate of drug-likeness (QED) is 0.760. The molecule has 0 spiro atoms. The molecule has 1 N–H and O–H groups in total. The first-order chi connectivity index (χ1) is 10.8. The molecular weight excluding hydrogens is 296 g/mol. The third-order valence-corrected chi connectivity index (χ3v) is 4.25. The second-order valence-electron chi connectivity index (χ2n) is 5.03. The van der Waals surface area contributed by atoms with Crippen LogP contribution in [0.25, 0.3) is 11.2 Å². The van der Waals surface area contributed by atoms with Gasteiger partial charge in [-0.05, 0) is 41.4 Å². The SMILES string of the molecule is CCn1c(CCNC(=O)Cc2ccsc2)nc2cccnc21. The van der Waals surface area contributed by atoms with Crippen molar-refractivity contribution >= 4 is 28.4 Å². The van der Waals surface area contributed by atoms with Crippen molar-refractivity contribution in [3.63, 3.8) is 0 Å². The van der Waals surface area contributed by atoms with Gasteiger partial charge < -0.3 is 9.88 Å². The Morgan fingerprint density at radius 2 is 2.32 bits per heavy atom. The van der Waals surface area contributed by atoms with E-state index in [1.807, 2.05) is 29.0 Å². The third-order valence-electron chi connectivity index (χ3n) is 3.51. The molecule has 0 atom stereocenters. The van der Waals surface area contributed by atoms with Crippen LogP contribution in [0.5, 0.6) is 0 Å². The van der Waals surface area contributed by atoms with Crippen LogP contribution in [-0.2, 0) is 24.2 Å². The number of imidazole rings is 1. The summed E-state index contributed by atoms with van der Waals surface area (Å²) < 4.78 is 2.10. The van der Waals surface area contributed by atoms with Gasteiger partial charge in [0, 0.05) is 25.7 Å². The smallest absolute Gasteiger partial charge is 0.224 e. The number of aromatic nitrogens is 3. The fraction of sp³-hybridized carbons (Fsp3) is 0.312. The zero-order chi connectivity index (χ0) is 15.4. The first-order valence-corrected chi connectivity index (χ1v) is 8.30. The molecule has 0 saturated heterocycles. The van der Waals surface area contributed by atoms with Crippen LogP contribution in [0.1, 0.15) is 18.3 Å². The topological polar surface area (TPSA) is 59.8 Å². The third kappa shape index (κ3) is 3.17. The number of hydrogen-bond donors (Lipinski definition) is 1. The average Bonchev–Trinajstić information content (AvgIpc) is 3.14. The fourth-order valence-electron chi connectivity index (χ4n) is 2.48. The highest BCUT2D eigenvalue weighted by atomic mass is 32.1. The molecule has 1 amide bonds. The molecule has 114 valence electrons. The Morgan fingerprint density at radius 1 is 1.41 bits per heavy atom. The van der Waals surface area contributed by atoms with Crippen molar-refractivity contribution in [1.29, 1.82) is 0 Å². The van der Waals surface area contributed by atoms with E-state index in [4.69, 9.17) is 0 Å². The van der Waals surface area contributed by atoms with E-state index in [9.17, 15) is 4.79 Å². The normalized spacial score (nSPS) is 11.0. The van der Waals surface area contributed by atoms with Crippen LogP contribution in [0.15, 0.2) is 35.2 Å². The minimum absolute atomic E-state index is 0.0516. The first kappa shape index (κ1) is 14.7. The fourth-order valence-corrected chi connectivity index (χ4v) is 3.15. The Morgan fingerprint density at radius 3 is 3.09 bits per heavy atom. The summed E-state index contributed by atoms with van der Waals surface area (Å²) >= 11 is 1.61. The number of hydrogen-bond acceptors (Lipinski definition) is 4. The lowest BCUT2D eigenvalue weighted by atomic mass is 10.2. The molecule has 3 aromatic heterocycles. The second kappa shape index (κ2) is 6.70. The van der Waals surface area contributed by atoms with Gasteiger partial charge in [-0.1, -0.05) is 0 Å². The maximum absolute atomic E-state index is 11.9. The van der Waals surface area contributed by atoms with E-state index < -0.39 is 0 Å². The van der Waals surface area contributed by atoms with Crippen LogP contribution < -0.4 is 5.32 Å². The number of nitrogens with one attached hydrogen (secondary N) is 1. The minimum Gasteiger partial charge on any atom is -0.355 e. The molecule has 22 heavy (non-hydrogen) atoms. The van der Waals surface area contributed by atoms with Crippen molar-refractivity contribution in [2.75, 3.05) is 6.54 Å². The number of carbonyl (C=O) groups excluding carboxylic acids is 1. The molecule has 6 heteroatoms. The molecule has 0 unspecified atom stereocenters. The van der Waals surface area contributed by atoms with Gasteiger partial charge in [-0.2, -0.15) is 11.3 Å². The van der Waals surface area contributed by atoms with E-state index in [0.717, 1.165) is 29.1 Å². The van der Waals surface area contributed by atoms with Gasteiger partial charge in [0.1, 0.15) is 11.3 Å². The number of fused-ring (bicyclic) bond motifs is 1. The Labute approximate surface area is 133 Å². The molecular formula is C16H18N4OS. The number of thiophene rings is 1. The van der Waals surface area contributed by atoms with Crippen molar-refractivity contribution in [1.82, 2.24) is 19.9 Å². The lowest BCUT2D eigenvalue weighted by Crippen LogP contribution is -2.27. The van der Waals surface area contributed by atoms with Crippen molar-refractivity contribution in [2.24, 2.45) is 0 Å². The summed E-state index contributed by atoms with van der Waals surface area (Å²) in [6.45, 7) is 3.49. The monoisotopic (exact) mass is 314 g/mol. The van der Waals surface area contributed by atoms with Gasteiger partial charge in [0.15, 0.2) is 5.65 Å². The first-order valence-electron chi connectivity index (χ1n) is 7.36. The van der Waals surface area contributed by atoms with E-state index in [1.54, 1.807) is 17.5 Å². The zero-order valence-corrected chi connectivity index (χ0v) is 13.3. The summed E-state index contributed by atoms with van der Waals surface area (Å²) in [5.41, 5.74) is 2.88. The number of aryl methyl sites for hydroxylation is 1. The maximum Gasteiger partial charge on any atom is 0.224 e. The number of rotatable bonds is 6. The number of amides is 1. The van der Waals surface area contributed by atoms with Crippen molar-refractivity contribution in [2.45, 2.75) is 26.3 Å². The van der Waals surface area contributed by atoms with Gasteiger partial charge in [-0.3, -0.25) is 4.79 Å². The van der Waals surface area contributed by atoms with E-state index in [-0.39, 0.29) is 5.91 Å². The summed E-state index contributed by atoms with van der Waals surface area (Å²) in [7, 11) is 0.